The number of esters is 1. The van der Waals surface area contributed by atoms with E-state index in [1.165, 1.54) is 18.4 Å². The smallest absolute Gasteiger partial charge is 0.328 e. The molecule has 0 spiro atoms. The third kappa shape index (κ3) is 2.53. The first-order valence-electron chi connectivity index (χ1n) is 7.87. The summed E-state index contributed by atoms with van der Waals surface area (Å²) in [5, 5.41) is 3.45. The number of methoxy groups -OCH3 is 1. The molecule has 21 heavy (non-hydrogen) atoms. The van der Waals surface area contributed by atoms with Gasteiger partial charge in [0.2, 0.25) is 0 Å². The summed E-state index contributed by atoms with van der Waals surface area (Å²) >= 11 is 0. The fourth-order valence-corrected chi connectivity index (χ4v) is 3.58. The van der Waals surface area contributed by atoms with E-state index in [9.17, 15) is 4.79 Å². The second kappa shape index (κ2) is 5.68. The molecule has 0 saturated heterocycles. The van der Waals surface area contributed by atoms with Crippen LogP contribution in [0.4, 0.5) is 5.69 Å². The van der Waals surface area contributed by atoms with Crippen LogP contribution in [0.3, 0.4) is 0 Å². The first-order chi connectivity index (χ1) is 10.2. The predicted octanol–water partition coefficient (Wildman–Crippen LogP) is 1.98. The Labute approximate surface area is 126 Å². The summed E-state index contributed by atoms with van der Waals surface area (Å²) in [6.45, 7) is 4.52. The molecule has 1 unspecified atom stereocenters. The molecule has 2 aliphatic rings. The number of hydrogen-bond donors (Lipinski definition) is 1. The Morgan fingerprint density at radius 2 is 2.19 bits per heavy atom. The van der Waals surface area contributed by atoms with Crippen molar-refractivity contribution in [1.82, 2.24) is 5.32 Å². The zero-order valence-electron chi connectivity index (χ0n) is 12.9. The zero-order chi connectivity index (χ0) is 14.9. The average Bonchev–Trinajstić information content (AvgIpc) is 3.29. The Morgan fingerprint density at radius 1 is 1.43 bits per heavy atom. The Morgan fingerprint density at radius 3 is 2.86 bits per heavy atom. The Bertz CT molecular complexity index is 527. The lowest BCUT2D eigenvalue weighted by Crippen LogP contribution is -2.61. The van der Waals surface area contributed by atoms with Crippen LogP contribution in [0.2, 0.25) is 0 Å². The number of fused-ring (bicyclic) bond motifs is 1. The summed E-state index contributed by atoms with van der Waals surface area (Å²) in [5.41, 5.74) is 2.09. The highest BCUT2D eigenvalue weighted by Crippen LogP contribution is 2.42. The molecule has 1 aromatic carbocycles. The van der Waals surface area contributed by atoms with Crippen molar-refractivity contribution in [3.63, 3.8) is 0 Å². The number of nitrogens with zero attached hydrogens (tertiary/aromatic N) is 1. The summed E-state index contributed by atoms with van der Waals surface area (Å²) in [6, 6.07) is 8.49. The molecule has 0 bridgehead atoms. The molecule has 4 heteroatoms. The number of para-hydroxylation sites is 1. The van der Waals surface area contributed by atoms with E-state index in [-0.39, 0.29) is 5.97 Å². The summed E-state index contributed by atoms with van der Waals surface area (Å²) in [5.74, 6) is 0.286. The predicted molar refractivity (Wildman–Crippen MR) is 83.5 cm³/mol. The van der Waals surface area contributed by atoms with Gasteiger partial charge in [-0.1, -0.05) is 25.1 Å². The minimum atomic E-state index is -0.555. The molecule has 114 valence electrons. The molecular weight excluding hydrogens is 264 g/mol. The van der Waals surface area contributed by atoms with Gasteiger partial charge in [0, 0.05) is 18.8 Å². The van der Waals surface area contributed by atoms with Gasteiger partial charge in [-0.25, -0.2) is 4.79 Å². The van der Waals surface area contributed by atoms with Crippen molar-refractivity contribution in [3.8, 4) is 0 Å². The van der Waals surface area contributed by atoms with Crippen LogP contribution in [0.5, 0.6) is 0 Å². The van der Waals surface area contributed by atoms with Crippen LogP contribution < -0.4 is 10.2 Å². The molecule has 1 fully saturated rings. The molecule has 1 N–H and O–H groups in total. The summed E-state index contributed by atoms with van der Waals surface area (Å²) in [4.78, 5) is 14.8. The van der Waals surface area contributed by atoms with Gasteiger partial charge < -0.3 is 15.0 Å². The highest BCUT2D eigenvalue weighted by atomic mass is 16.5. The summed E-state index contributed by atoms with van der Waals surface area (Å²) < 4.78 is 5.14. The van der Waals surface area contributed by atoms with Crippen molar-refractivity contribution in [3.05, 3.63) is 29.8 Å². The number of anilines is 1. The van der Waals surface area contributed by atoms with Gasteiger partial charge in [0.1, 0.15) is 5.54 Å². The van der Waals surface area contributed by atoms with Crippen molar-refractivity contribution in [2.75, 3.05) is 31.6 Å². The fourth-order valence-electron chi connectivity index (χ4n) is 3.58. The van der Waals surface area contributed by atoms with Gasteiger partial charge in [-0.15, -0.1) is 0 Å². The first-order valence-corrected chi connectivity index (χ1v) is 7.87. The van der Waals surface area contributed by atoms with E-state index in [4.69, 9.17) is 4.74 Å². The van der Waals surface area contributed by atoms with E-state index in [1.54, 1.807) is 0 Å². The van der Waals surface area contributed by atoms with Gasteiger partial charge in [0.05, 0.1) is 7.11 Å². The maximum Gasteiger partial charge on any atom is 0.328 e. The van der Waals surface area contributed by atoms with E-state index >= 15 is 0 Å². The van der Waals surface area contributed by atoms with Crippen LogP contribution in [0, 0.1) is 5.92 Å². The monoisotopic (exact) mass is 288 g/mol. The van der Waals surface area contributed by atoms with Crippen LogP contribution in [0.1, 0.15) is 25.3 Å². The number of hydrogen-bond acceptors (Lipinski definition) is 4. The van der Waals surface area contributed by atoms with E-state index < -0.39 is 5.54 Å². The second-order valence-electron chi connectivity index (χ2n) is 6.07. The Kier molecular flexibility index (Phi) is 3.89. The fraction of sp³-hybridized carbons (Fsp3) is 0.588. The summed E-state index contributed by atoms with van der Waals surface area (Å²) in [7, 11) is 1.49. The molecule has 0 aromatic heterocycles. The minimum absolute atomic E-state index is 0.115. The van der Waals surface area contributed by atoms with Crippen molar-refractivity contribution in [2.24, 2.45) is 5.92 Å². The zero-order valence-corrected chi connectivity index (χ0v) is 12.9. The maximum atomic E-state index is 12.5. The number of rotatable bonds is 6. The molecule has 0 amide bonds. The van der Waals surface area contributed by atoms with Crippen LogP contribution in [0.15, 0.2) is 24.3 Å². The van der Waals surface area contributed by atoms with Crippen molar-refractivity contribution < 1.29 is 9.53 Å². The number of benzene rings is 1. The largest absolute Gasteiger partial charge is 0.468 e. The quantitative estimate of drug-likeness (QED) is 0.813. The van der Waals surface area contributed by atoms with Crippen LogP contribution in [0.25, 0.3) is 0 Å². The highest BCUT2D eigenvalue weighted by Gasteiger charge is 2.52. The maximum absolute atomic E-state index is 12.5. The molecule has 1 aliphatic carbocycles. The SMILES string of the molecule is CCNC(CN1CCc2ccccc21)(C(=O)OC)C1CC1. The van der Waals surface area contributed by atoms with Crippen molar-refractivity contribution in [2.45, 2.75) is 31.7 Å². The van der Waals surface area contributed by atoms with Gasteiger partial charge in [0.15, 0.2) is 0 Å². The molecular formula is C17H24N2O2. The molecule has 1 aromatic rings. The van der Waals surface area contributed by atoms with Crippen LogP contribution in [-0.2, 0) is 16.0 Å². The van der Waals surface area contributed by atoms with Crippen LogP contribution >= 0.6 is 0 Å². The van der Waals surface area contributed by atoms with Gasteiger partial charge in [-0.05, 0) is 43.4 Å². The lowest BCUT2D eigenvalue weighted by atomic mass is 9.92. The molecule has 0 radical (unpaired) electrons. The van der Waals surface area contributed by atoms with Crippen molar-refractivity contribution >= 4 is 11.7 Å². The van der Waals surface area contributed by atoms with Gasteiger partial charge in [-0.2, -0.15) is 0 Å². The van der Waals surface area contributed by atoms with Crippen LogP contribution in [-0.4, -0.2) is 38.3 Å². The Balaban J connectivity index is 1.87. The second-order valence-corrected chi connectivity index (χ2v) is 6.07. The average molecular weight is 288 g/mol. The third-order valence-electron chi connectivity index (χ3n) is 4.74. The van der Waals surface area contributed by atoms with E-state index in [0.717, 1.165) is 32.4 Å². The third-order valence-corrected chi connectivity index (χ3v) is 4.74. The van der Waals surface area contributed by atoms with Gasteiger partial charge in [-0.3, -0.25) is 0 Å². The minimum Gasteiger partial charge on any atom is -0.468 e. The Hall–Kier alpha value is -1.55. The molecule has 3 rings (SSSR count). The van der Waals surface area contributed by atoms with E-state index in [1.807, 2.05) is 0 Å². The number of carbonyl (C=O) groups is 1. The highest BCUT2D eigenvalue weighted by molar-refractivity contribution is 5.83. The van der Waals surface area contributed by atoms with E-state index in [0.29, 0.717) is 12.5 Å². The number of nitrogens with one attached hydrogen (secondary N) is 1. The first kappa shape index (κ1) is 14.4. The number of likely N-dealkylation sites (N-methyl/N-ethyl adjacent to an activating group) is 1. The topological polar surface area (TPSA) is 41.6 Å². The molecule has 1 aliphatic heterocycles. The van der Waals surface area contributed by atoms with Crippen molar-refractivity contribution in [1.29, 1.82) is 0 Å². The summed E-state index contributed by atoms with van der Waals surface area (Å²) in [6.07, 6.45) is 3.28. The number of carbonyl (C=O) groups excluding carboxylic acids is 1. The normalized spacial score (nSPS) is 20.0. The lowest BCUT2D eigenvalue weighted by Gasteiger charge is -2.36. The van der Waals surface area contributed by atoms with E-state index in [2.05, 4.69) is 41.4 Å². The molecule has 1 saturated carbocycles. The standard InChI is InChI=1S/C17H24N2O2/c1-3-18-17(14-8-9-14,16(20)21-2)12-19-11-10-13-6-4-5-7-15(13)19/h4-7,14,18H,3,8-12H2,1-2H3. The molecule has 1 atom stereocenters. The molecule has 1 heterocycles. The van der Waals surface area contributed by atoms with Gasteiger partial charge in [0.25, 0.3) is 0 Å². The van der Waals surface area contributed by atoms with Gasteiger partial charge >= 0.3 is 5.97 Å². The number of ether oxygens (including phenoxy) is 1. The molecule has 4 nitrogen and oxygen atoms in total. The lowest BCUT2D eigenvalue weighted by molar-refractivity contribution is -0.149.